The molecule has 0 bridgehead atoms. The molecule has 1 aromatic rings. The average molecular weight is 737 g/mol. The van der Waals surface area contributed by atoms with Crippen LogP contribution in [0.1, 0.15) is 86.5 Å². The predicted octanol–water partition coefficient (Wildman–Crippen LogP) is 3.41. The van der Waals surface area contributed by atoms with Crippen molar-refractivity contribution < 1.29 is 32.4 Å². The van der Waals surface area contributed by atoms with E-state index in [0.29, 0.717) is 17.7 Å². The lowest BCUT2D eigenvalue weighted by molar-refractivity contribution is -0.144. The molecule has 1 saturated heterocycles. The zero-order valence-corrected chi connectivity index (χ0v) is 32.6. The molecule has 1 unspecified atom stereocenters. The third-order valence-corrected chi connectivity index (χ3v) is 12.4. The second kappa shape index (κ2) is 16.4. The Kier molecular flexibility index (Phi) is 13.5. The summed E-state index contributed by atoms with van der Waals surface area (Å²) >= 11 is 1.38. The SMILES string of the molecule is C=CCNC(=O)C(=O)C(CCC)NC(=O)[C@@H]1[C@@H](C(C)C)CCN1C(=O)[C@@H](NC(=O)N[C@H](CN1Cc2sccc2S1(=O)=O)C(C)(C)C)C(C)(C)C. The summed E-state index contributed by atoms with van der Waals surface area (Å²) in [7, 11) is -3.69. The fraction of sp³-hybridized carbons (Fsp3) is 0.686. The van der Waals surface area contributed by atoms with E-state index in [1.165, 1.54) is 26.6 Å². The Labute approximate surface area is 301 Å². The molecular weight excluding hydrogens is 681 g/mol. The van der Waals surface area contributed by atoms with Crippen molar-refractivity contribution in [1.82, 2.24) is 30.5 Å². The minimum absolute atomic E-state index is 0.0169. The van der Waals surface area contributed by atoms with Gasteiger partial charge in [0.15, 0.2) is 0 Å². The standard InChI is InChI=1S/C35H56N6O7S2/c1-11-13-23(28(42)31(44)36-16-12-2)37-30(43)27-22(21(3)4)14-17-41(27)32(45)29(35(8,9)10)39-33(46)38-26(34(5,6)7)20-40-19-24-25(15-18-49-24)50(40,47)48/h12,15,18,21-23,26-27,29H,2,11,13-14,16-17,19-20H2,1,3-10H3,(H,36,44)(H,37,43)(H2,38,39,46)/t22-,23?,26-,27+,29-/m1/s1. The molecule has 2 aliphatic heterocycles. The number of likely N-dealkylation sites (tertiary alicyclic amines) is 1. The van der Waals surface area contributed by atoms with Crippen molar-refractivity contribution >= 4 is 50.9 Å². The van der Waals surface area contributed by atoms with Gasteiger partial charge in [0.1, 0.15) is 12.1 Å². The summed E-state index contributed by atoms with van der Waals surface area (Å²) < 4.78 is 27.8. The molecule has 3 heterocycles. The van der Waals surface area contributed by atoms with Gasteiger partial charge < -0.3 is 26.2 Å². The van der Waals surface area contributed by atoms with Crippen LogP contribution in [-0.2, 0) is 35.7 Å². The van der Waals surface area contributed by atoms with Gasteiger partial charge in [-0.1, -0.05) is 74.8 Å². The molecule has 0 aliphatic carbocycles. The van der Waals surface area contributed by atoms with E-state index in [1.54, 1.807) is 11.4 Å². The summed E-state index contributed by atoms with van der Waals surface area (Å²) in [6.07, 6.45) is 2.77. The van der Waals surface area contributed by atoms with Crippen molar-refractivity contribution in [2.75, 3.05) is 19.6 Å². The zero-order chi connectivity index (χ0) is 37.8. The summed E-state index contributed by atoms with van der Waals surface area (Å²) in [4.78, 5) is 70.1. The average Bonchev–Trinajstić information content (AvgIpc) is 3.72. The smallest absolute Gasteiger partial charge is 0.315 e. The number of sulfonamides is 1. The Hall–Kier alpha value is -3.30. The maximum absolute atomic E-state index is 14.4. The predicted molar refractivity (Wildman–Crippen MR) is 194 cm³/mol. The highest BCUT2D eigenvalue weighted by Crippen LogP contribution is 2.36. The molecule has 5 atom stereocenters. The molecule has 0 spiro atoms. The van der Waals surface area contributed by atoms with Gasteiger partial charge in [0, 0.05) is 37.1 Å². The third kappa shape index (κ3) is 9.52. The maximum Gasteiger partial charge on any atom is 0.315 e. The van der Waals surface area contributed by atoms with Crippen LogP contribution in [0.2, 0.25) is 0 Å². The number of nitrogens with one attached hydrogen (secondary N) is 4. The van der Waals surface area contributed by atoms with E-state index in [2.05, 4.69) is 27.8 Å². The second-order valence-electron chi connectivity index (χ2n) is 15.7. The Morgan fingerprint density at radius 1 is 1.04 bits per heavy atom. The van der Waals surface area contributed by atoms with Crippen LogP contribution in [0, 0.1) is 22.7 Å². The van der Waals surface area contributed by atoms with Gasteiger partial charge in [0.25, 0.3) is 5.91 Å². The van der Waals surface area contributed by atoms with Gasteiger partial charge in [-0.3, -0.25) is 19.2 Å². The number of amides is 5. The van der Waals surface area contributed by atoms with Crippen molar-refractivity contribution in [3.63, 3.8) is 0 Å². The molecular formula is C35H56N6O7S2. The van der Waals surface area contributed by atoms with Crippen LogP contribution in [0.5, 0.6) is 0 Å². The number of hydrogen-bond donors (Lipinski definition) is 4. The zero-order valence-electron chi connectivity index (χ0n) is 30.9. The maximum atomic E-state index is 14.4. The molecule has 0 radical (unpaired) electrons. The monoisotopic (exact) mass is 736 g/mol. The minimum Gasteiger partial charge on any atom is -0.346 e. The first kappa shape index (κ1) is 41.1. The number of rotatable bonds is 14. The molecule has 15 heteroatoms. The quantitative estimate of drug-likeness (QED) is 0.167. The summed E-state index contributed by atoms with van der Waals surface area (Å²) in [6, 6.07) is -2.68. The first-order valence-electron chi connectivity index (χ1n) is 17.3. The number of urea groups is 1. The highest BCUT2D eigenvalue weighted by molar-refractivity contribution is 7.89. The largest absolute Gasteiger partial charge is 0.346 e. The van der Waals surface area contributed by atoms with E-state index < -0.39 is 74.6 Å². The van der Waals surface area contributed by atoms with E-state index in [9.17, 15) is 32.4 Å². The number of nitrogens with zero attached hydrogens (tertiary/aromatic N) is 2. The Bertz CT molecular complexity index is 1540. The Morgan fingerprint density at radius 3 is 2.24 bits per heavy atom. The van der Waals surface area contributed by atoms with Gasteiger partial charge in [-0.2, -0.15) is 4.31 Å². The highest BCUT2D eigenvalue weighted by Gasteiger charge is 2.48. The van der Waals surface area contributed by atoms with Crippen molar-refractivity contribution in [2.45, 2.75) is 117 Å². The number of carbonyl (C=O) groups excluding carboxylic acids is 5. The fourth-order valence-corrected chi connectivity index (χ4v) is 9.35. The summed E-state index contributed by atoms with van der Waals surface area (Å²) in [6.45, 7) is 21.1. The molecule has 0 aromatic carbocycles. The van der Waals surface area contributed by atoms with Gasteiger partial charge in [-0.05, 0) is 47.0 Å². The molecule has 1 fully saturated rings. The lowest BCUT2D eigenvalue weighted by Crippen LogP contribution is -2.62. The topological polar surface area (TPSA) is 174 Å². The van der Waals surface area contributed by atoms with Gasteiger partial charge in [0.05, 0.1) is 10.9 Å². The van der Waals surface area contributed by atoms with Crippen LogP contribution >= 0.6 is 11.3 Å². The third-order valence-electron chi connectivity index (χ3n) is 9.46. The molecule has 50 heavy (non-hydrogen) atoms. The number of carbonyl (C=O) groups is 5. The molecule has 1 aromatic heterocycles. The van der Waals surface area contributed by atoms with E-state index >= 15 is 0 Å². The highest BCUT2D eigenvalue weighted by atomic mass is 32.2. The lowest BCUT2D eigenvalue weighted by Gasteiger charge is -2.38. The number of hydrogen-bond acceptors (Lipinski definition) is 8. The number of Topliss-reactive ketones (excluding diaryl/α,β-unsaturated/α-hetero) is 1. The fourth-order valence-electron chi connectivity index (χ4n) is 6.43. The molecule has 3 rings (SSSR count). The Morgan fingerprint density at radius 2 is 1.70 bits per heavy atom. The number of thiophene rings is 1. The van der Waals surface area contributed by atoms with Gasteiger partial charge in [0.2, 0.25) is 27.6 Å². The first-order chi connectivity index (χ1) is 23.1. The molecule has 2 aliphatic rings. The van der Waals surface area contributed by atoms with Crippen molar-refractivity contribution in [3.8, 4) is 0 Å². The van der Waals surface area contributed by atoms with Gasteiger partial charge in [-0.15, -0.1) is 17.9 Å². The summed E-state index contributed by atoms with van der Waals surface area (Å²) in [5, 5.41) is 12.8. The van der Waals surface area contributed by atoms with E-state index in [1.807, 2.05) is 62.3 Å². The molecule has 5 amide bonds. The van der Waals surface area contributed by atoms with Crippen LogP contribution in [0.4, 0.5) is 4.79 Å². The normalized spacial score (nSPS) is 20.8. The van der Waals surface area contributed by atoms with E-state index in [4.69, 9.17) is 0 Å². The summed E-state index contributed by atoms with van der Waals surface area (Å²) in [5.74, 6) is -2.77. The number of ketones is 1. The van der Waals surface area contributed by atoms with Crippen LogP contribution in [-0.4, -0.2) is 91.0 Å². The molecule has 280 valence electrons. The van der Waals surface area contributed by atoms with E-state index in [-0.39, 0.29) is 44.4 Å². The number of fused-ring (bicyclic) bond motifs is 1. The summed E-state index contributed by atoms with van der Waals surface area (Å²) in [5.41, 5.74) is -1.32. The first-order valence-corrected chi connectivity index (χ1v) is 19.6. The molecule has 13 nitrogen and oxygen atoms in total. The Balaban J connectivity index is 1.83. The molecule has 4 N–H and O–H groups in total. The second-order valence-corrected chi connectivity index (χ2v) is 18.6. The van der Waals surface area contributed by atoms with Crippen LogP contribution in [0.25, 0.3) is 0 Å². The van der Waals surface area contributed by atoms with E-state index in [0.717, 1.165) is 4.88 Å². The van der Waals surface area contributed by atoms with Crippen LogP contribution in [0.3, 0.4) is 0 Å². The lowest BCUT2D eigenvalue weighted by atomic mass is 9.84. The van der Waals surface area contributed by atoms with Gasteiger partial charge >= 0.3 is 6.03 Å². The van der Waals surface area contributed by atoms with Crippen molar-refractivity contribution in [1.29, 1.82) is 0 Å². The van der Waals surface area contributed by atoms with Crippen LogP contribution < -0.4 is 21.3 Å². The van der Waals surface area contributed by atoms with Crippen molar-refractivity contribution in [2.24, 2.45) is 22.7 Å². The van der Waals surface area contributed by atoms with Crippen molar-refractivity contribution in [3.05, 3.63) is 29.0 Å². The molecule has 0 saturated carbocycles. The van der Waals surface area contributed by atoms with Gasteiger partial charge in [-0.25, -0.2) is 13.2 Å². The minimum atomic E-state index is -3.69. The van der Waals surface area contributed by atoms with Crippen LogP contribution in [0.15, 0.2) is 29.0 Å².